The van der Waals surface area contributed by atoms with Crippen LogP contribution in [-0.2, 0) is 16.0 Å². The topological polar surface area (TPSA) is 61.9 Å². The number of ether oxygens (including phenoxy) is 1. The highest BCUT2D eigenvalue weighted by Gasteiger charge is 2.23. The standard InChI is InChI=1S/C25H31Cl2N3O3/c1-18(2)33-16-4-11-28-25(32)19-7-9-20(10-8-19)29-12-14-30(15-13-29)24(31)17-21-22(26)5-3-6-23(21)27/h3,5-10,18H,4,11-17H2,1-2H3,(H,28,32). The van der Waals surface area contributed by atoms with Gasteiger partial charge in [0.2, 0.25) is 5.91 Å². The molecule has 1 aliphatic heterocycles. The molecule has 0 saturated carbocycles. The molecule has 2 amide bonds. The first-order valence-corrected chi connectivity index (χ1v) is 12.1. The second kappa shape index (κ2) is 12.3. The number of hydrogen-bond donors (Lipinski definition) is 1. The van der Waals surface area contributed by atoms with Gasteiger partial charge in [-0.1, -0.05) is 29.3 Å². The second-order valence-corrected chi connectivity index (χ2v) is 9.14. The van der Waals surface area contributed by atoms with Gasteiger partial charge in [-0.2, -0.15) is 0 Å². The molecule has 0 radical (unpaired) electrons. The smallest absolute Gasteiger partial charge is 0.251 e. The highest BCUT2D eigenvalue weighted by atomic mass is 35.5. The third kappa shape index (κ3) is 7.36. The largest absolute Gasteiger partial charge is 0.379 e. The molecule has 0 atom stereocenters. The predicted molar refractivity (Wildman–Crippen MR) is 133 cm³/mol. The summed E-state index contributed by atoms with van der Waals surface area (Å²) in [6, 6.07) is 12.9. The minimum atomic E-state index is -0.0836. The molecule has 178 valence electrons. The maximum absolute atomic E-state index is 12.7. The van der Waals surface area contributed by atoms with E-state index in [4.69, 9.17) is 27.9 Å². The highest BCUT2D eigenvalue weighted by molar-refractivity contribution is 6.36. The molecule has 6 nitrogen and oxygen atoms in total. The fraction of sp³-hybridized carbons (Fsp3) is 0.440. The number of amides is 2. The van der Waals surface area contributed by atoms with Crippen LogP contribution in [0, 0.1) is 0 Å². The number of anilines is 1. The van der Waals surface area contributed by atoms with Crippen LogP contribution in [-0.4, -0.2) is 62.1 Å². The average molecular weight is 492 g/mol. The molecule has 0 unspecified atom stereocenters. The third-order valence-corrected chi connectivity index (χ3v) is 6.28. The zero-order chi connectivity index (χ0) is 23.8. The molecule has 8 heteroatoms. The van der Waals surface area contributed by atoms with Crippen molar-refractivity contribution >= 4 is 40.7 Å². The lowest BCUT2D eigenvalue weighted by Crippen LogP contribution is -2.49. The van der Waals surface area contributed by atoms with Crippen molar-refractivity contribution in [1.82, 2.24) is 10.2 Å². The average Bonchev–Trinajstić information content (AvgIpc) is 2.81. The molecule has 1 fully saturated rings. The van der Waals surface area contributed by atoms with Crippen LogP contribution in [0.5, 0.6) is 0 Å². The van der Waals surface area contributed by atoms with Crippen molar-refractivity contribution in [1.29, 1.82) is 0 Å². The summed E-state index contributed by atoms with van der Waals surface area (Å²) in [4.78, 5) is 29.1. The molecule has 3 rings (SSSR count). The van der Waals surface area contributed by atoms with Crippen molar-refractivity contribution < 1.29 is 14.3 Å². The highest BCUT2D eigenvalue weighted by Crippen LogP contribution is 2.25. The lowest BCUT2D eigenvalue weighted by Gasteiger charge is -2.36. The van der Waals surface area contributed by atoms with Gasteiger partial charge < -0.3 is 19.9 Å². The molecule has 0 bridgehead atoms. The molecule has 0 spiro atoms. The molecule has 1 heterocycles. The molecule has 0 aromatic heterocycles. The maximum atomic E-state index is 12.7. The van der Waals surface area contributed by atoms with Crippen LogP contribution in [0.2, 0.25) is 10.0 Å². The van der Waals surface area contributed by atoms with E-state index in [1.165, 1.54) is 0 Å². The number of nitrogens with zero attached hydrogens (tertiary/aromatic N) is 2. The zero-order valence-corrected chi connectivity index (χ0v) is 20.7. The first kappa shape index (κ1) is 25.3. The number of halogens is 2. The van der Waals surface area contributed by atoms with Crippen molar-refractivity contribution in [2.24, 2.45) is 0 Å². The molecule has 33 heavy (non-hydrogen) atoms. The fourth-order valence-corrected chi connectivity index (χ4v) is 4.23. The summed E-state index contributed by atoms with van der Waals surface area (Å²) in [6.07, 6.45) is 1.19. The van der Waals surface area contributed by atoms with E-state index in [0.29, 0.717) is 47.4 Å². The zero-order valence-electron chi connectivity index (χ0n) is 19.2. The van der Waals surface area contributed by atoms with E-state index < -0.39 is 0 Å². The molecular formula is C25H31Cl2N3O3. The van der Waals surface area contributed by atoms with Crippen molar-refractivity contribution in [2.75, 3.05) is 44.2 Å². The van der Waals surface area contributed by atoms with Crippen LogP contribution < -0.4 is 10.2 Å². The van der Waals surface area contributed by atoms with E-state index in [9.17, 15) is 9.59 Å². The summed E-state index contributed by atoms with van der Waals surface area (Å²) in [5, 5.41) is 3.95. The Hall–Kier alpha value is -2.28. The number of benzene rings is 2. The quantitative estimate of drug-likeness (QED) is 0.527. The maximum Gasteiger partial charge on any atom is 0.251 e. The van der Waals surface area contributed by atoms with E-state index in [1.54, 1.807) is 18.2 Å². The number of carbonyl (C=O) groups is 2. The molecule has 2 aromatic rings. The van der Waals surface area contributed by atoms with Crippen LogP contribution in [0.25, 0.3) is 0 Å². The number of carbonyl (C=O) groups excluding carboxylic acids is 2. The lowest BCUT2D eigenvalue weighted by molar-refractivity contribution is -0.130. The molecule has 1 aliphatic rings. The SMILES string of the molecule is CC(C)OCCCNC(=O)c1ccc(N2CCN(C(=O)Cc3c(Cl)cccc3Cl)CC2)cc1. The number of piperazine rings is 1. The van der Waals surface area contributed by atoms with E-state index in [2.05, 4.69) is 10.2 Å². The Kier molecular flexibility index (Phi) is 9.41. The van der Waals surface area contributed by atoms with Gasteiger partial charge in [0.15, 0.2) is 0 Å². The van der Waals surface area contributed by atoms with Crippen LogP contribution in [0.1, 0.15) is 36.2 Å². The predicted octanol–water partition coefficient (Wildman–Crippen LogP) is 4.43. The second-order valence-electron chi connectivity index (χ2n) is 8.32. The summed E-state index contributed by atoms with van der Waals surface area (Å²) in [5.41, 5.74) is 2.35. The third-order valence-electron chi connectivity index (χ3n) is 5.57. The van der Waals surface area contributed by atoms with Crippen LogP contribution in [0.15, 0.2) is 42.5 Å². The van der Waals surface area contributed by atoms with Gasteiger partial charge in [0.05, 0.1) is 12.5 Å². The van der Waals surface area contributed by atoms with E-state index in [-0.39, 0.29) is 24.3 Å². The minimum absolute atomic E-state index is 0.0236. The number of nitrogens with one attached hydrogen (secondary N) is 1. The van der Waals surface area contributed by atoms with Crippen molar-refractivity contribution in [3.63, 3.8) is 0 Å². The van der Waals surface area contributed by atoms with Crippen LogP contribution in [0.4, 0.5) is 5.69 Å². The van der Waals surface area contributed by atoms with Gasteiger partial charge >= 0.3 is 0 Å². The van der Waals surface area contributed by atoms with E-state index in [1.807, 2.05) is 43.0 Å². The van der Waals surface area contributed by atoms with Gasteiger partial charge in [0, 0.05) is 60.6 Å². The molecular weight excluding hydrogens is 461 g/mol. The Morgan fingerprint density at radius 2 is 1.64 bits per heavy atom. The summed E-state index contributed by atoms with van der Waals surface area (Å²) < 4.78 is 5.48. The molecule has 0 aliphatic carbocycles. The van der Waals surface area contributed by atoms with Gasteiger partial charge in [-0.3, -0.25) is 9.59 Å². The Bertz CT molecular complexity index is 922. The van der Waals surface area contributed by atoms with Crippen molar-refractivity contribution in [3.8, 4) is 0 Å². The summed E-state index contributed by atoms with van der Waals surface area (Å²) in [5.74, 6) is -0.0600. The number of hydrogen-bond acceptors (Lipinski definition) is 4. The van der Waals surface area contributed by atoms with Gasteiger partial charge in [-0.05, 0) is 62.2 Å². The summed E-state index contributed by atoms with van der Waals surface area (Å²) in [7, 11) is 0. The number of rotatable bonds is 9. The van der Waals surface area contributed by atoms with Crippen LogP contribution in [0.3, 0.4) is 0 Å². The normalized spacial score (nSPS) is 14.0. The van der Waals surface area contributed by atoms with Gasteiger partial charge in [-0.25, -0.2) is 0 Å². The Labute approximate surface area is 205 Å². The first-order valence-electron chi connectivity index (χ1n) is 11.3. The van der Waals surface area contributed by atoms with E-state index >= 15 is 0 Å². The Morgan fingerprint density at radius 3 is 2.24 bits per heavy atom. The molecule has 2 aromatic carbocycles. The summed E-state index contributed by atoms with van der Waals surface area (Å²) >= 11 is 12.4. The van der Waals surface area contributed by atoms with Crippen molar-refractivity contribution in [3.05, 3.63) is 63.6 Å². The lowest BCUT2D eigenvalue weighted by atomic mass is 10.1. The monoisotopic (exact) mass is 491 g/mol. The van der Waals surface area contributed by atoms with Gasteiger partial charge in [0.25, 0.3) is 5.91 Å². The Balaban J connectivity index is 1.46. The fourth-order valence-electron chi connectivity index (χ4n) is 3.70. The molecule has 1 N–H and O–H groups in total. The Morgan fingerprint density at radius 1 is 1.00 bits per heavy atom. The van der Waals surface area contributed by atoms with Crippen molar-refractivity contribution in [2.45, 2.75) is 32.8 Å². The van der Waals surface area contributed by atoms with E-state index in [0.717, 1.165) is 25.2 Å². The first-order chi connectivity index (χ1) is 15.8. The van der Waals surface area contributed by atoms with Gasteiger partial charge in [0.1, 0.15) is 0 Å². The van der Waals surface area contributed by atoms with Crippen LogP contribution >= 0.6 is 23.2 Å². The summed E-state index contributed by atoms with van der Waals surface area (Å²) in [6.45, 7) is 7.92. The van der Waals surface area contributed by atoms with Gasteiger partial charge in [-0.15, -0.1) is 0 Å². The molecule has 1 saturated heterocycles. The minimum Gasteiger partial charge on any atom is -0.379 e.